The van der Waals surface area contributed by atoms with Gasteiger partial charge in [-0.25, -0.2) is 9.78 Å². The van der Waals surface area contributed by atoms with E-state index in [9.17, 15) is 22.8 Å². The van der Waals surface area contributed by atoms with Gasteiger partial charge in [-0.15, -0.1) is 0 Å². The molecule has 0 radical (unpaired) electrons. The van der Waals surface area contributed by atoms with E-state index in [0.29, 0.717) is 23.0 Å². The van der Waals surface area contributed by atoms with Gasteiger partial charge in [-0.1, -0.05) is 30.3 Å². The Bertz CT molecular complexity index is 1550. The molecule has 1 atom stereocenters. The second kappa shape index (κ2) is 11.5. The molecule has 41 heavy (non-hydrogen) atoms. The highest BCUT2D eigenvalue weighted by Gasteiger charge is 2.43. The molecule has 1 aliphatic rings. The van der Waals surface area contributed by atoms with Gasteiger partial charge in [0, 0.05) is 42.5 Å². The molecule has 0 unspecified atom stereocenters. The van der Waals surface area contributed by atoms with Gasteiger partial charge in [0.15, 0.2) is 0 Å². The van der Waals surface area contributed by atoms with Gasteiger partial charge in [-0.3, -0.25) is 9.78 Å². The number of ether oxygens (including phenoxy) is 2. The molecule has 1 saturated heterocycles. The number of nitrogen functional groups attached to an aromatic ring is 1. The smallest absolute Gasteiger partial charge is 0.457 e. The van der Waals surface area contributed by atoms with Crippen LogP contribution in [0.3, 0.4) is 0 Å². The molecule has 3 N–H and O–H groups in total. The molecule has 210 valence electrons. The third-order valence-corrected chi connectivity index (χ3v) is 6.06. The number of aromatic nitrogens is 3. The summed E-state index contributed by atoms with van der Waals surface area (Å²) >= 11 is 0. The lowest BCUT2D eigenvalue weighted by molar-refractivity contribution is -0.204. The van der Waals surface area contributed by atoms with Crippen LogP contribution in [-0.2, 0) is 9.53 Å². The van der Waals surface area contributed by atoms with Gasteiger partial charge in [0.05, 0.1) is 12.2 Å². The molecule has 3 heterocycles. The lowest BCUT2D eigenvalue weighted by Crippen LogP contribution is -2.34. The number of amides is 1. The molecule has 2 aromatic heterocycles. The van der Waals surface area contributed by atoms with Gasteiger partial charge in [0.1, 0.15) is 29.1 Å². The van der Waals surface area contributed by atoms with Crippen LogP contribution in [0.2, 0.25) is 0 Å². The number of hydrogen-bond acceptors (Lipinski definition) is 9. The minimum atomic E-state index is -5.09. The topological polar surface area (TPSA) is 133 Å². The summed E-state index contributed by atoms with van der Waals surface area (Å²) < 4.78 is 47.7. The average molecular weight is 565 g/mol. The van der Waals surface area contributed by atoms with Crippen molar-refractivity contribution in [3.05, 3.63) is 84.7 Å². The third kappa shape index (κ3) is 6.87. The number of carbonyl (C=O) groups excluding carboxylic acids is 2. The van der Waals surface area contributed by atoms with Gasteiger partial charge < -0.3 is 25.4 Å². The molecule has 0 spiro atoms. The van der Waals surface area contributed by atoms with Crippen molar-refractivity contribution in [1.29, 1.82) is 0 Å². The van der Waals surface area contributed by atoms with Gasteiger partial charge in [0.25, 0.3) is 5.91 Å². The standard InChI is InChI=1S/C28H23F3N6O4/c29-28(30,31)26(39)41-21-11-13-37(16-21)25(38)23-14-20(10-12-33-23)40-19-8-6-18(7-9-19)34-24-15-22(35-27(32)36-24)17-4-2-1-3-5-17/h1-10,12,14-15,21H,11,13,16H2,(H3,32,34,35,36)/t21-/m1/s1. The van der Waals surface area contributed by atoms with E-state index in [2.05, 4.69) is 25.0 Å². The van der Waals surface area contributed by atoms with Crippen LogP contribution in [0.5, 0.6) is 11.5 Å². The Morgan fingerprint density at radius 2 is 1.73 bits per heavy atom. The maximum atomic E-state index is 12.9. The number of hydrogen-bond donors (Lipinski definition) is 2. The number of halogens is 3. The van der Waals surface area contributed by atoms with Gasteiger partial charge in [-0.2, -0.15) is 18.2 Å². The number of esters is 1. The van der Waals surface area contributed by atoms with Crippen molar-refractivity contribution in [1.82, 2.24) is 19.9 Å². The van der Waals surface area contributed by atoms with E-state index < -0.39 is 24.2 Å². The number of rotatable bonds is 7. The zero-order valence-electron chi connectivity index (χ0n) is 21.3. The Labute approximate surface area is 232 Å². The zero-order chi connectivity index (χ0) is 29.0. The number of nitrogens with two attached hydrogens (primary N) is 1. The Hall–Kier alpha value is -5.20. The highest BCUT2D eigenvalue weighted by Crippen LogP contribution is 2.27. The first-order chi connectivity index (χ1) is 19.6. The van der Waals surface area contributed by atoms with Crippen LogP contribution in [0, 0.1) is 0 Å². The SMILES string of the molecule is Nc1nc(Nc2ccc(Oc3ccnc(C(=O)N4CC[C@@H](OC(=O)C(F)(F)F)C4)c3)cc2)cc(-c2ccccc2)n1. The van der Waals surface area contributed by atoms with Crippen LogP contribution in [-0.4, -0.2) is 57.1 Å². The number of alkyl halides is 3. The zero-order valence-corrected chi connectivity index (χ0v) is 21.3. The Kier molecular flexibility index (Phi) is 7.68. The first-order valence-corrected chi connectivity index (χ1v) is 12.4. The number of likely N-dealkylation sites (tertiary alicyclic amines) is 1. The van der Waals surface area contributed by atoms with Crippen LogP contribution >= 0.6 is 0 Å². The van der Waals surface area contributed by atoms with E-state index in [4.69, 9.17) is 10.5 Å². The van der Waals surface area contributed by atoms with Crippen LogP contribution in [0.1, 0.15) is 16.9 Å². The Morgan fingerprint density at radius 3 is 2.46 bits per heavy atom. The third-order valence-electron chi connectivity index (χ3n) is 6.06. The normalized spacial score (nSPS) is 14.9. The fourth-order valence-corrected chi connectivity index (χ4v) is 4.16. The molecule has 2 aromatic carbocycles. The van der Waals surface area contributed by atoms with E-state index in [1.807, 2.05) is 30.3 Å². The second-order valence-corrected chi connectivity index (χ2v) is 9.06. The first kappa shape index (κ1) is 27.4. The molecule has 10 nitrogen and oxygen atoms in total. The Balaban J connectivity index is 1.20. The molecule has 0 saturated carbocycles. The number of anilines is 3. The van der Waals surface area contributed by atoms with E-state index in [0.717, 1.165) is 11.3 Å². The van der Waals surface area contributed by atoms with Crippen LogP contribution < -0.4 is 15.8 Å². The summed E-state index contributed by atoms with van der Waals surface area (Å²) in [5, 5.41) is 3.18. The van der Waals surface area contributed by atoms with Crippen molar-refractivity contribution in [2.75, 3.05) is 24.1 Å². The quantitative estimate of drug-likeness (QED) is 0.298. The van der Waals surface area contributed by atoms with Crippen molar-refractivity contribution in [2.45, 2.75) is 18.7 Å². The summed E-state index contributed by atoms with van der Waals surface area (Å²) in [6, 6.07) is 21.3. The first-order valence-electron chi connectivity index (χ1n) is 12.4. The number of benzene rings is 2. The summed E-state index contributed by atoms with van der Waals surface area (Å²) in [6.07, 6.45) is -4.64. The van der Waals surface area contributed by atoms with Gasteiger partial charge in [0.2, 0.25) is 5.95 Å². The number of nitrogens with zero attached hydrogens (tertiary/aromatic N) is 4. The lowest BCUT2D eigenvalue weighted by atomic mass is 10.1. The number of nitrogens with one attached hydrogen (secondary N) is 1. The fraction of sp³-hybridized carbons (Fsp3) is 0.179. The molecule has 1 aliphatic heterocycles. The molecule has 4 aromatic rings. The predicted octanol–water partition coefficient (Wildman–Crippen LogP) is 4.98. The Morgan fingerprint density at radius 1 is 0.976 bits per heavy atom. The minimum absolute atomic E-state index is 0.0409. The van der Waals surface area contributed by atoms with Crippen molar-refractivity contribution >= 4 is 29.3 Å². The van der Waals surface area contributed by atoms with Crippen molar-refractivity contribution in [2.24, 2.45) is 0 Å². The van der Waals surface area contributed by atoms with Crippen molar-refractivity contribution in [3.63, 3.8) is 0 Å². The van der Waals surface area contributed by atoms with Crippen molar-refractivity contribution < 1.29 is 32.2 Å². The average Bonchev–Trinajstić information content (AvgIpc) is 3.42. The van der Waals surface area contributed by atoms with E-state index in [1.165, 1.54) is 17.2 Å². The van der Waals surface area contributed by atoms with Crippen LogP contribution in [0.4, 0.5) is 30.6 Å². The molecule has 0 bridgehead atoms. The minimum Gasteiger partial charge on any atom is -0.457 e. The highest BCUT2D eigenvalue weighted by molar-refractivity contribution is 5.93. The van der Waals surface area contributed by atoms with E-state index >= 15 is 0 Å². The largest absolute Gasteiger partial charge is 0.490 e. The molecule has 0 aliphatic carbocycles. The number of pyridine rings is 1. The van der Waals surface area contributed by atoms with Crippen LogP contribution in [0.25, 0.3) is 11.3 Å². The summed E-state index contributed by atoms with van der Waals surface area (Å²) in [5.41, 5.74) is 8.24. The second-order valence-electron chi connectivity index (χ2n) is 9.06. The highest BCUT2D eigenvalue weighted by atomic mass is 19.4. The summed E-state index contributed by atoms with van der Waals surface area (Å²) in [7, 11) is 0. The van der Waals surface area contributed by atoms with E-state index in [-0.39, 0.29) is 31.2 Å². The monoisotopic (exact) mass is 564 g/mol. The summed E-state index contributed by atoms with van der Waals surface area (Å²) in [4.78, 5) is 37.8. The van der Waals surface area contributed by atoms with Crippen LogP contribution in [0.15, 0.2) is 79.0 Å². The molecule has 13 heteroatoms. The predicted molar refractivity (Wildman–Crippen MR) is 142 cm³/mol. The molecule has 5 rings (SSSR count). The molecular formula is C28H23F3N6O4. The molecule has 1 amide bonds. The number of carbonyl (C=O) groups is 2. The molecule has 1 fully saturated rings. The molecular weight excluding hydrogens is 541 g/mol. The maximum absolute atomic E-state index is 12.9. The fourth-order valence-electron chi connectivity index (χ4n) is 4.16. The maximum Gasteiger partial charge on any atom is 0.490 e. The van der Waals surface area contributed by atoms with Gasteiger partial charge >= 0.3 is 12.1 Å². The summed E-state index contributed by atoms with van der Waals surface area (Å²) in [5.74, 6) is -1.33. The lowest BCUT2D eigenvalue weighted by Gasteiger charge is -2.17. The van der Waals surface area contributed by atoms with Gasteiger partial charge in [-0.05, 0) is 30.3 Å². The van der Waals surface area contributed by atoms with E-state index in [1.54, 1.807) is 36.4 Å². The summed E-state index contributed by atoms with van der Waals surface area (Å²) in [6.45, 7) is -0.0343. The van der Waals surface area contributed by atoms with Crippen molar-refractivity contribution in [3.8, 4) is 22.8 Å².